The summed E-state index contributed by atoms with van der Waals surface area (Å²) in [6.45, 7) is 0.662. The van der Waals surface area contributed by atoms with Crippen LogP contribution in [-0.4, -0.2) is 34.5 Å². The average molecular weight is 335 g/mol. The Morgan fingerprint density at radius 1 is 1.26 bits per heavy atom. The number of amides is 1. The number of aliphatic carboxylic acids is 1. The maximum Gasteiger partial charge on any atom is 0.326 e. The number of thiophene rings is 1. The van der Waals surface area contributed by atoms with Crippen LogP contribution < -0.4 is 0 Å². The second-order valence-electron chi connectivity index (χ2n) is 6.82. The van der Waals surface area contributed by atoms with E-state index in [0.717, 1.165) is 44.9 Å². The number of likely N-dealkylation sites (tertiary alicyclic amines) is 1. The number of hydrogen-bond donors (Lipinski definition) is 1. The third-order valence-electron chi connectivity index (χ3n) is 5.36. The summed E-state index contributed by atoms with van der Waals surface area (Å²) in [6, 6.07) is 3.65. The average Bonchev–Trinajstić information content (AvgIpc) is 3.22. The van der Waals surface area contributed by atoms with Gasteiger partial charge in [-0.15, -0.1) is 11.3 Å². The van der Waals surface area contributed by atoms with Crippen molar-refractivity contribution in [2.45, 2.75) is 57.4 Å². The van der Waals surface area contributed by atoms with E-state index in [2.05, 4.69) is 17.5 Å². The lowest BCUT2D eigenvalue weighted by molar-refractivity contribution is -0.149. The van der Waals surface area contributed by atoms with Crippen molar-refractivity contribution in [1.82, 2.24) is 4.90 Å². The predicted octanol–water partition coefficient (Wildman–Crippen LogP) is 3.56. The highest BCUT2D eigenvalue weighted by Gasteiger charge is 2.49. The molecule has 1 N–H and O–H groups in total. The van der Waals surface area contributed by atoms with Gasteiger partial charge in [0.1, 0.15) is 6.04 Å². The number of carboxylic acid groups (broad SMARTS) is 1. The Morgan fingerprint density at radius 2 is 2.13 bits per heavy atom. The number of carbonyl (C=O) groups is 2. The Hall–Kier alpha value is -1.36. The fraction of sp³-hybridized carbons (Fsp3) is 0.667. The second-order valence-corrected chi connectivity index (χ2v) is 7.86. The van der Waals surface area contributed by atoms with Crippen LogP contribution in [0, 0.1) is 11.8 Å². The van der Waals surface area contributed by atoms with E-state index in [4.69, 9.17) is 0 Å². The van der Waals surface area contributed by atoms with E-state index < -0.39 is 12.0 Å². The molecule has 3 unspecified atom stereocenters. The van der Waals surface area contributed by atoms with Gasteiger partial charge in [0.25, 0.3) is 0 Å². The van der Waals surface area contributed by atoms with Gasteiger partial charge in [0.05, 0.1) is 0 Å². The van der Waals surface area contributed by atoms with E-state index in [1.54, 1.807) is 16.2 Å². The van der Waals surface area contributed by atoms with Crippen molar-refractivity contribution in [3.8, 4) is 0 Å². The van der Waals surface area contributed by atoms with Crippen LogP contribution in [0.3, 0.4) is 0 Å². The zero-order chi connectivity index (χ0) is 16.2. The number of carbonyl (C=O) groups excluding carboxylic acids is 1. The molecule has 0 spiro atoms. The van der Waals surface area contributed by atoms with Crippen molar-refractivity contribution < 1.29 is 14.7 Å². The summed E-state index contributed by atoms with van der Waals surface area (Å²) in [4.78, 5) is 27.1. The number of rotatable bonds is 7. The number of fused-ring (bicyclic) bond motifs is 1. The van der Waals surface area contributed by atoms with Gasteiger partial charge in [0.15, 0.2) is 0 Å². The maximum atomic E-state index is 12.4. The molecule has 23 heavy (non-hydrogen) atoms. The molecule has 3 atom stereocenters. The molecular formula is C18H25NO3S. The first-order valence-electron chi connectivity index (χ1n) is 8.71. The molecule has 1 aliphatic heterocycles. The first-order chi connectivity index (χ1) is 11.2. The van der Waals surface area contributed by atoms with Crippen LogP contribution >= 0.6 is 11.3 Å². The van der Waals surface area contributed by atoms with Crippen molar-refractivity contribution in [1.29, 1.82) is 0 Å². The second kappa shape index (κ2) is 7.47. The lowest BCUT2D eigenvalue weighted by Crippen LogP contribution is -2.43. The summed E-state index contributed by atoms with van der Waals surface area (Å²) in [7, 11) is 0. The van der Waals surface area contributed by atoms with Gasteiger partial charge >= 0.3 is 5.97 Å². The molecule has 0 aromatic carbocycles. The minimum Gasteiger partial charge on any atom is -0.480 e. The molecular weight excluding hydrogens is 310 g/mol. The van der Waals surface area contributed by atoms with Crippen LogP contribution in [0.5, 0.6) is 0 Å². The van der Waals surface area contributed by atoms with Gasteiger partial charge in [-0.25, -0.2) is 4.79 Å². The summed E-state index contributed by atoms with van der Waals surface area (Å²) in [5, 5.41) is 11.6. The van der Waals surface area contributed by atoms with E-state index in [1.807, 2.05) is 0 Å². The summed E-state index contributed by atoms with van der Waals surface area (Å²) in [5.74, 6) is -0.164. The number of unbranched alkanes of at least 4 members (excludes halogenated alkanes) is 2. The lowest BCUT2D eigenvalue weighted by atomic mass is 9.94. The molecule has 126 valence electrons. The molecule has 2 aliphatic rings. The SMILES string of the molecule is O=C(O)C1C2CCCC2CN1C(=O)CCCCCc1cccs1. The van der Waals surface area contributed by atoms with Crippen molar-refractivity contribution in [3.05, 3.63) is 22.4 Å². The molecule has 1 saturated carbocycles. The highest BCUT2D eigenvalue weighted by Crippen LogP contribution is 2.42. The van der Waals surface area contributed by atoms with Crippen LogP contribution in [0.15, 0.2) is 17.5 Å². The molecule has 1 aromatic rings. The number of hydrogen-bond acceptors (Lipinski definition) is 3. The maximum absolute atomic E-state index is 12.4. The largest absolute Gasteiger partial charge is 0.480 e. The molecule has 3 rings (SSSR count). The quantitative estimate of drug-likeness (QED) is 0.775. The summed E-state index contributed by atoms with van der Waals surface area (Å²) < 4.78 is 0. The zero-order valence-corrected chi connectivity index (χ0v) is 14.3. The summed E-state index contributed by atoms with van der Waals surface area (Å²) in [5.41, 5.74) is 0. The number of aryl methyl sites for hydroxylation is 1. The van der Waals surface area contributed by atoms with Gasteiger partial charge in [-0.2, -0.15) is 0 Å². The molecule has 5 heteroatoms. The van der Waals surface area contributed by atoms with Crippen LogP contribution in [-0.2, 0) is 16.0 Å². The van der Waals surface area contributed by atoms with Crippen molar-refractivity contribution in [2.24, 2.45) is 11.8 Å². The molecule has 2 fully saturated rings. The highest BCUT2D eigenvalue weighted by molar-refractivity contribution is 7.09. The molecule has 1 saturated heterocycles. The van der Waals surface area contributed by atoms with E-state index in [9.17, 15) is 14.7 Å². The fourth-order valence-corrected chi connectivity index (χ4v) is 4.98. The Balaban J connectivity index is 1.43. The zero-order valence-electron chi connectivity index (χ0n) is 13.4. The third kappa shape index (κ3) is 3.77. The molecule has 0 bridgehead atoms. The van der Waals surface area contributed by atoms with Gasteiger partial charge in [0.2, 0.25) is 5.91 Å². The summed E-state index contributed by atoms with van der Waals surface area (Å²) >= 11 is 1.78. The van der Waals surface area contributed by atoms with Crippen LogP contribution in [0.1, 0.15) is 49.8 Å². The first kappa shape index (κ1) is 16.5. The number of nitrogens with zero attached hydrogens (tertiary/aromatic N) is 1. The Kier molecular flexibility index (Phi) is 5.36. The van der Waals surface area contributed by atoms with Crippen LogP contribution in [0.25, 0.3) is 0 Å². The molecule has 1 amide bonds. The Morgan fingerprint density at radius 3 is 2.87 bits per heavy atom. The predicted molar refractivity (Wildman–Crippen MR) is 90.5 cm³/mol. The third-order valence-corrected chi connectivity index (χ3v) is 6.29. The first-order valence-corrected chi connectivity index (χ1v) is 9.59. The van der Waals surface area contributed by atoms with E-state index in [1.165, 1.54) is 4.88 Å². The minimum atomic E-state index is -0.814. The van der Waals surface area contributed by atoms with Gasteiger partial charge in [-0.1, -0.05) is 18.9 Å². The number of carboxylic acids is 1. The van der Waals surface area contributed by atoms with E-state index in [-0.39, 0.29) is 11.8 Å². The van der Waals surface area contributed by atoms with Gasteiger partial charge < -0.3 is 10.0 Å². The van der Waals surface area contributed by atoms with Crippen LogP contribution in [0.4, 0.5) is 0 Å². The summed E-state index contributed by atoms with van der Waals surface area (Å²) in [6.07, 6.45) is 7.73. The monoisotopic (exact) mass is 335 g/mol. The lowest BCUT2D eigenvalue weighted by Gasteiger charge is -2.24. The molecule has 2 heterocycles. The van der Waals surface area contributed by atoms with Crippen molar-refractivity contribution >= 4 is 23.2 Å². The normalized spacial score (nSPS) is 26.4. The molecule has 4 nitrogen and oxygen atoms in total. The Labute approximate surface area is 141 Å². The molecule has 1 aromatic heterocycles. The van der Waals surface area contributed by atoms with Gasteiger partial charge in [-0.05, 0) is 55.4 Å². The molecule has 0 radical (unpaired) electrons. The van der Waals surface area contributed by atoms with Gasteiger partial charge in [-0.3, -0.25) is 4.79 Å². The topological polar surface area (TPSA) is 57.6 Å². The fourth-order valence-electron chi connectivity index (χ4n) is 4.23. The van der Waals surface area contributed by atoms with E-state index >= 15 is 0 Å². The minimum absolute atomic E-state index is 0.0444. The smallest absolute Gasteiger partial charge is 0.326 e. The standard InChI is InChI=1S/C18H25NO3S/c20-16(10-3-1-2-7-14-8-5-11-23-14)19-12-13-6-4-9-15(13)17(19)18(21)22/h5,8,11,13,15,17H,1-4,6-7,9-10,12H2,(H,21,22). The van der Waals surface area contributed by atoms with E-state index in [0.29, 0.717) is 18.9 Å². The van der Waals surface area contributed by atoms with Crippen molar-refractivity contribution in [3.63, 3.8) is 0 Å². The van der Waals surface area contributed by atoms with Gasteiger partial charge in [0, 0.05) is 17.8 Å². The Bertz CT molecular complexity index is 542. The molecule has 1 aliphatic carbocycles. The highest BCUT2D eigenvalue weighted by atomic mass is 32.1. The van der Waals surface area contributed by atoms with Crippen molar-refractivity contribution in [2.75, 3.05) is 6.54 Å². The van der Waals surface area contributed by atoms with Crippen LogP contribution in [0.2, 0.25) is 0 Å².